The fourth-order valence-electron chi connectivity index (χ4n) is 1.26. The molecule has 1 amide bonds. The summed E-state index contributed by atoms with van der Waals surface area (Å²) in [5.74, 6) is -0.122. The minimum atomic E-state index is -0.122. The van der Waals surface area contributed by atoms with Crippen molar-refractivity contribution in [2.45, 2.75) is 0 Å². The second kappa shape index (κ2) is 6.09. The van der Waals surface area contributed by atoms with E-state index in [4.69, 9.17) is 23.2 Å². The lowest BCUT2D eigenvalue weighted by molar-refractivity contribution is 0.0797. The molecule has 0 spiro atoms. The van der Waals surface area contributed by atoms with Gasteiger partial charge in [0, 0.05) is 20.1 Å². The number of amides is 1. The van der Waals surface area contributed by atoms with Crippen LogP contribution in [-0.2, 0) is 0 Å². The Morgan fingerprint density at radius 2 is 2.12 bits per heavy atom. The molecule has 0 fully saturated rings. The Morgan fingerprint density at radius 3 is 2.75 bits per heavy atom. The van der Waals surface area contributed by atoms with E-state index in [9.17, 15) is 4.79 Å². The molecule has 88 valence electrons. The monoisotopic (exact) mass is 260 g/mol. The van der Waals surface area contributed by atoms with E-state index in [0.29, 0.717) is 22.2 Å². The van der Waals surface area contributed by atoms with Gasteiger partial charge >= 0.3 is 0 Å². The van der Waals surface area contributed by atoms with Crippen molar-refractivity contribution < 1.29 is 4.79 Å². The number of likely N-dealkylation sites (N-methyl/N-ethyl adjacent to an activating group) is 2. The summed E-state index contributed by atoms with van der Waals surface area (Å²) >= 11 is 11.8. The summed E-state index contributed by atoms with van der Waals surface area (Å²) < 4.78 is 0. The summed E-state index contributed by atoms with van der Waals surface area (Å²) in [4.78, 5) is 13.6. The van der Waals surface area contributed by atoms with Crippen molar-refractivity contribution in [3.8, 4) is 0 Å². The molecule has 0 aliphatic heterocycles. The Balaban J connectivity index is 2.84. The van der Waals surface area contributed by atoms with E-state index in [1.54, 1.807) is 30.1 Å². The van der Waals surface area contributed by atoms with Crippen molar-refractivity contribution in [1.82, 2.24) is 10.2 Å². The van der Waals surface area contributed by atoms with Crippen LogP contribution in [0.4, 0.5) is 0 Å². The third-order valence-electron chi connectivity index (χ3n) is 2.23. The first kappa shape index (κ1) is 13.3. The Labute approximate surface area is 105 Å². The molecule has 16 heavy (non-hydrogen) atoms. The number of benzene rings is 1. The Morgan fingerprint density at radius 1 is 1.44 bits per heavy atom. The second-order valence-corrected chi connectivity index (χ2v) is 4.22. The average molecular weight is 261 g/mol. The quantitative estimate of drug-likeness (QED) is 0.901. The van der Waals surface area contributed by atoms with E-state index >= 15 is 0 Å². The van der Waals surface area contributed by atoms with Gasteiger partial charge in [0.1, 0.15) is 0 Å². The molecular weight excluding hydrogens is 247 g/mol. The molecule has 0 radical (unpaired) electrons. The van der Waals surface area contributed by atoms with E-state index in [1.165, 1.54) is 0 Å². The van der Waals surface area contributed by atoms with Crippen molar-refractivity contribution in [2.24, 2.45) is 0 Å². The van der Waals surface area contributed by atoms with Crippen LogP contribution < -0.4 is 5.32 Å². The molecule has 1 N–H and O–H groups in total. The topological polar surface area (TPSA) is 32.3 Å². The molecule has 0 saturated carbocycles. The minimum Gasteiger partial charge on any atom is -0.340 e. The number of rotatable bonds is 4. The second-order valence-electron chi connectivity index (χ2n) is 3.43. The molecule has 0 bridgehead atoms. The van der Waals surface area contributed by atoms with Crippen molar-refractivity contribution in [3.05, 3.63) is 33.8 Å². The molecule has 3 nitrogen and oxygen atoms in total. The predicted molar refractivity (Wildman–Crippen MR) is 67.3 cm³/mol. The molecule has 1 rings (SSSR count). The Bertz CT molecular complexity index is 382. The number of halogens is 2. The molecule has 1 aromatic carbocycles. The number of carbonyl (C=O) groups excluding carboxylic acids is 1. The molecule has 0 heterocycles. The van der Waals surface area contributed by atoms with Crippen LogP contribution in [0.15, 0.2) is 18.2 Å². The van der Waals surface area contributed by atoms with Crippen LogP contribution in [0.5, 0.6) is 0 Å². The van der Waals surface area contributed by atoms with Crippen LogP contribution in [-0.4, -0.2) is 38.0 Å². The van der Waals surface area contributed by atoms with E-state index in [0.717, 1.165) is 6.54 Å². The summed E-state index contributed by atoms with van der Waals surface area (Å²) in [7, 11) is 3.57. The lowest BCUT2D eigenvalue weighted by Crippen LogP contribution is -2.32. The lowest BCUT2D eigenvalue weighted by atomic mass is 10.2. The Kier molecular flexibility index (Phi) is 5.06. The first-order chi connectivity index (χ1) is 7.57. The van der Waals surface area contributed by atoms with Crippen LogP contribution in [0.3, 0.4) is 0 Å². The maximum Gasteiger partial charge on any atom is 0.255 e. The highest BCUT2D eigenvalue weighted by atomic mass is 35.5. The molecule has 0 atom stereocenters. The van der Waals surface area contributed by atoms with Gasteiger partial charge in [-0.25, -0.2) is 0 Å². The van der Waals surface area contributed by atoms with Gasteiger partial charge in [-0.1, -0.05) is 29.3 Å². The number of nitrogens with one attached hydrogen (secondary N) is 1. The Hall–Kier alpha value is -0.770. The average Bonchev–Trinajstić information content (AvgIpc) is 2.28. The SMILES string of the molecule is CNCCN(C)C(=O)c1cccc(Cl)c1Cl. The van der Waals surface area contributed by atoms with Gasteiger partial charge < -0.3 is 10.2 Å². The smallest absolute Gasteiger partial charge is 0.255 e. The molecule has 0 saturated heterocycles. The third-order valence-corrected chi connectivity index (χ3v) is 3.04. The zero-order valence-electron chi connectivity index (χ0n) is 9.26. The number of nitrogens with zero attached hydrogens (tertiary/aromatic N) is 1. The minimum absolute atomic E-state index is 0.122. The molecule has 5 heteroatoms. The maximum absolute atomic E-state index is 12.0. The van der Waals surface area contributed by atoms with Crippen molar-refractivity contribution in [3.63, 3.8) is 0 Å². The van der Waals surface area contributed by atoms with Gasteiger partial charge in [0.2, 0.25) is 0 Å². The predicted octanol–water partition coefficient (Wildman–Crippen LogP) is 2.28. The molecule has 0 aromatic heterocycles. The zero-order valence-corrected chi connectivity index (χ0v) is 10.8. The lowest BCUT2D eigenvalue weighted by Gasteiger charge is -2.17. The fraction of sp³-hybridized carbons (Fsp3) is 0.364. The summed E-state index contributed by atoms with van der Waals surface area (Å²) in [6.07, 6.45) is 0. The van der Waals surface area contributed by atoms with Gasteiger partial charge in [0.15, 0.2) is 0 Å². The van der Waals surface area contributed by atoms with Crippen molar-refractivity contribution in [1.29, 1.82) is 0 Å². The normalized spacial score (nSPS) is 10.2. The highest BCUT2D eigenvalue weighted by Gasteiger charge is 2.15. The van der Waals surface area contributed by atoms with Gasteiger partial charge in [-0.05, 0) is 19.2 Å². The summed E-state index contributed by atoms with van der Waals surface area (Å²) in [6.45, 7) is 1.36. The molecule has 0 unspecified atom stereocenters. The summed E-state index contributed by atoms with van der Waals surface area (Å²) in [6, 6.07) is 5.05. The van der Waals surface area contributed by atoms with Gasteiger partial charge in [0.05, 0.1) is 15.6 Å². The van der Waals surface area contributed by atoms with Crippen LogP contribution in [0.1, 0.15) is 10.4 Å². The van der Waals surface area contributed by atoms with Gasteiger partial charge in [0.25, 0.3) is 5.91 Å². The van der Waals surface area contributed by atoms with Crippen LogP contribution in [0.25, 0.3) is 0 Å². The molecule has 1 aromatic rings. The molecule has 0 aliphatic rings. The zero-order chi connectivity index (χ0) is 12.1. The first-order valence-corrected chi connectivity index (χ1v) is 5.67. The standard InChI is InChI=1S/C11H14Cl2N2O/c1-14-6-7-15(2)11(16)8-4-3-5-9(12)10(8)13/h3-5,14H,6-7H2,1-2H3. The van der Waals surface area contributed by atoms with E-state index in [-0.39, 0.29) is 5.91 Å². The van der Waals surface area contributed by atoms with Gasteiger partial charge in [-0.3, -0.25) is 4.79 Å². The highest BCUT2D eigenvalue weighted by molar-refractivity contribution is 6.43. The summed E-state index contributed by atoms with van der Waals surface area (Å²) in [5.41, 5.74) is 0.438. The van der Waals surface area contributed by atoms with Crippen molar-refractivity contribution in [2.75, 3.05) is 27.2 Å². The maximum atomic E-state index is 12.0. The first-order valence-electron chi connectivity index (χ1n) is 4.92. The summed E-state index contributed by atoms with van der Waals surface area (Å²) in [5, 5.41) is 3.69. The van der Waals surface area contributed by atoms with Crippen LogP contribution in [0, 0.1) is 0 Å². The van der Waals surface area contributed by atoms with Crippen LogP contribution >= 0.6 is 23.2 Å². The molecular formula is C11H14Cl2N2O. The van der Waals surface area contributed by atoms with E-state index in [1.807, 2.05) is 7.05 Å². The largest absolute Gasteiger partial charge is 0.340 e. The number of hydrogen-bond acceptors (Lipinski definition) is 2. The van der Waals surface area contributed by atoms with E-state index < -0.39 is 0 Å². The number of carbonyl (C=O) groups is 1. The number of hydrogen-bond donors (Lipinski definition) is 1. The fourth-order valence-corrected chi connectivity index (χ4v) is 1.64. The van der Waals surface area contributed by atoms with Crippen LogP contribution in [0.2, 0.25) is 10.0 Å². The van der Waals surface area contributed by atoms with Crippen molar-refractivity contribution >= 4 is 29.1 Å². The van der Waals surface area contributed by atoms with E-state index in [2.05, 4.69) is 5.32 Å². The van der Waals surface area contributed by atoms with Gasteiger partial charge in [-0.15, -0.1) is 0 Å². The molecule has 0 aliphatic carbocycles. The third kappa shape index (κ3) is 3.11. The highest BCUT2D eigenvalue weighted by Crippen LogP contribution is 2.26. The van der Waals surface area contributed by atoms with Gasteiger partial charge in [-0.2, -0.15) is 0 Å².